The number of nitrogens with zero attached hydrogens (tertiary/aromatic N) is 1. The van der Waals surface area contributed by atoms with E-state index in [0.29, 0.717) is 0 Å². The first-order valence-electron chi connectivity index (χ1n) is 4.72. The van der Waals surface area contributed by atoms with Gasteiger partial charge in [-0.25, -0.2) is 0 Å². The first-order valence-corrected chi connectivity index (χ1v) is 5.17. The summed E-state index contributed by atoms with van der Waals surface area (Å²) >= 11 is 4.50. The average molecular weight is 189 g/mol. The van der Waals surface area contributed by atoms with Crippen molar-refractivity contribution in [1.29, 1.82) is 0 Å². The van der Waals surface area contributed by atoms with Crippen LogP contribution in [0.25, 0.3) is 0 Å². The van der Waals surface area contributed by atoms with E-state index < -0.39 is 0 Å². The Bertz CT molecular complexity index is 115. The third kappa shape index (κ3) is 8.41. The summed E-state index contributed by atoms with van der Waals surface area (Å²) in [5.41, 5.74) is 0. The second kappa shape index (κ2) is 5.13. The van der Waals surface area contributed by atoms with Crippen molar-refractivity contribution in [2.24, 2.45) is 5.92 Å². The van der Waals surface area contributed by atoms with Crippen LogP contribution < -0.4 is 0 Å². The lowest BCUT2D eigenvalue weighted by molar-refractivity contribution is 0.291. The molecule has 0 aliphatic carbocycles. The summed E-state index contributed by atoms with van der Waals surface area (Å²) in [5.74, 6) is 0.801. The van der Waals surface area contributed by atoms with E-state index >= 15 is 0 Å². The summed E-state index contributed by atoms with van der Waals surface area (Å²) in [7, 11) is 2.17. The molecule has 0 bridgehead atoms. The molecule has 12 heavy (non-hydrogen) atoms. The van der Waals surface area contributed by atoms with Gasteiger partial charge in [-0.1, -0.05) is 13.8 Å². The minimum absolute atomic E-state index is 0.131. The van der Waals surface area contributed by atoms with Crippen molar-refractivity contribution >= 4 is 12.6 Å². The molecular formula is C10H23NS. The largest absolute Gasteiger partial charge is 0.305 e. The molecule has 0 aliphatic heterocycles. The third-order valence-corrected chi connectivity index (χ3v) is 1.89. The molecular weight excluding hydrogens is 166 g/mol. The Kier molecular flexibility index (Phi) is 5.26. The van der Waals surface area contributed by atoms with E-state index in [1.165, 1.54) is 13.0 Å². The molecule has 74 valence electrons. The lowest BCUT2D eigenvalue weighted by atomic mass is 10.1. The minimum Gasteiger partial charge on any atom is -0.305 e. The second-order valence-corrected chi connectivity index (χ2v) is 5.94. The number of rotatable bonds is 5. The zero-order chi connectivity index (χ0) is 9.78. The summed E-state index contributed by atoms with van der Waals surface area (Å²) in [6.07, 6.45) is 1.28. The highest BCUT2D eigenvalue weighted by molar-refractivity contribution is 7.81. The van der Waals surface area contributed by atoms with Gasteiger partial charge in [0.05, 0.1) is 0 Å². The first kappa shape index (κ1) is 12.3. The van der Waals surface area contributed by atoms with E-state index in [1.807, 2.05) is 0 Å². The molecule has 0 saturated carbocycles. The maximum absolute atomic E-state index is 4.50. The van der Waals surface area contributed by atoms with Crippen LogP contribution in [0.15, 0.2) is 0 Å². The number of hydrogen-bond donors (Lipinski definition) is 1. The fourth-order valence-corrected chi connectivity index (χ4v) is 1.46. The molecule has 1 nitrogen and oxygen atoms in total. The molecule has 0 radical (unpaired) electrons. The SMILES string of the molecule is CC(C)CCN(C)CC(C)(C)S. The predicted molar refractivity (Wildman–Crippen MR) is 60.0 cm³/mol. The van der Waals surface area contributed by atoms with E-state index in [2.05, 4.69) is 52.3 Å². The van der Waals surface area contributed by atoms with Crippen LogP contribution in [-0.4, -0.2) is 29.8 Å². The van der Waals surface area contributed by atoms with E-state index in [1.54, 1.807) is 0 Å². The quantitative estimate of drug-likeness (QED) is 0.651. The molecule has 0 amide bonds. The zero-order valence-electron chi connectivity index (χ0n) is 9.09. The maximum Gasteiger partial charge on any atom is 0.0200 e. The molecule has 0 rings (SSSR count). The third-order valence-electron chi connectivity index (χ3n) is 1.75. The fraction of sp³-hybridized carbons (Fsp3) is 1.00. The second-order valence-electron chi connectivity index (χ2n) is 4.73. The van der Waals surface area contributed by atoms with Crippen molar-refractivity contribution in [3.63, 3.8) is 0 Å². The van der Waals surface area contributed by atoms with E-state index in [-0.39, 0.29) is 4.75 Å². The van der Waals surface area contributed by atoms with Crippen LogP contribution in [0.4, 0.5) is 0 Å². The first-order chi connectivity index (χ1) is 5.31. The minimum atomic E-state index is 0.131. The summed E-state index contributed by atoms with van der Waals surface area (Å²) in [6.45, 7) is 11.1. The summed E-state index contributed by atoms with van der Waals surface area (Å²) < 4.78 is 0.131. The van der Waals surface area contributed by atoms with Gasteiger partial charge >= 0.3 is 0 Å². The number of hydrogen-bond acceptors (Lipinski definition) is 2. The highest BCUT2D eigenvalue weighted by Gasteiger charge is 2.14. The van der Waals surface area contributed by atoms with Gasteiger partial charge in [0.25, 0.3) is 0 Å². The van der Waals surface area contributed by atoms with E-state index in [4.69, 9.17) is 0 Å². The van der Waals surface area contributed by atoms with Crippen LogP contribution in [0, 0.1) is 5.92 Å². The van der Waals surface area contributed by atoms with Crippen LogP contribution >= 0.6 is 12.6 Å². The summed E-state index contributed by atoms with van der Waals surface area (Å²) in [4.78, 5) is 2.35. The van der Waals surface area contributed by atoms with E-state index in [9.17, 15) is 0 Å². The fourth-order valence-electron chi connectivity index (χ4n) is 1.22. The lowest BCUT2D eigenvalue weighted by Crippen LogP contribution is -2.33. The van der Waals surface area contributed by atoms with Crippen molar-refractivity contribution in [3.05, 3.63) is 0 Å². The van der Waals surface area contributed by atoms with E-state index in [0.717, 1.165) is 12.5 Å². The standard InChI is InChI=1S/C10H23NS/c1-9(2)6-7-11(5)8-10(3,4)12/h9,12H,6-8H2,1-5H3. The van der Waals surface area contributed by atoms with Gasteiger partial charge in [-0.3, -0.25) is 0 Å². The van der Waals surface area contributed by atoms with Crippen molar-refractivity contribution in [3.8, 4) is 0 Å². The number of thiol groups is 1. The highest BCUT2D eigenvalue weighted by atomic mass is 32.1. The molecule has 0 fully saturated rings. The zero-order valence-corrected chi connectivity index (χ0v) is 9.99. The Morgan fingerprint density at radius 3 is 2.17 bits per heavy atom. The molecule has 0 aliphatic rings. The smallest absolute Gasteiger partial charge is 0.0200 e. The van der Waals surface area contributed by atoms with Crippen LogP contribution in [-0.2, 0) is 0 Å². The molecule has 0 heterocycles. The van der Waals surface area contributed by atoms with Crippen LogP contribution in [0.3, 0.4) is 0 Å². The Balaban J connectivity index is 3.53. The van der Waals surface area contributed by atoms with Crippen molar-refractivity contribution in [2.45, 2.75) is 38.9 Å². The monoisotopic (exact) mass is 189 g/mol. The van der Waals surface area contributed by atoms with Crippen LogP contribution in [0.1, 0.15) is 34.1 Å². The van der Waals surface area contributed by atoms with Crippen LogP contribution in [0.2, 0.25) is 0 Å². The molecule has 0 atom stereocenters. The molecule has 0 unspecified atom stereocenters. The van der Waals surface area contributed by atoms with Gasteiger partial charge in [0.15, 0.2) is 0 Å². The van der Waals surface area contributed by atoms with Gasteiger partial charge in [-0.05, 0) is 39.8 Å². The molecule has 2 heteroatoms. The van der Waals surface area contributed by atoms with Gasteiger partial charge in [0, 0.05) is 11.3 Å². The molecule has 0 aromatic heterocycles. The van der Waals surface area contributed by atoms with Crippen LogP contribution in [0.5, 0.6) is 0 Å². The predicted octanol–water partition coefficient (Wildman–Crippen LogP) is 2.67. The Labute approximate surface area is 82.9 Å². The highest BCUT2D eigenvalue weighted by Crippen LogP contribution is 2.13. The normalized spacial score (nSPS) is 13.0. The molecule has 0 spiro atoms. The molecule has 0 saturated heterocycles. The molecule has 0 aromatic carbocycles. The van der Waals surface area contributed by atoms with Gasteiger partial charge in [0.1, 0.15) is 0 Å². The van der Waals surface area contributed by atoms with Crippen molar-refractivity contribution in [2.75, 3.05) is 20.1 Å². The Morgan fingerprint density at radius 2 is 1.83 bits per heavy atom. The lowest BCUT2D eigenvalue weighted by Gasteiger charge is -2.26. The van der Waals surface area contributed by atoms with Gasteiger partial charge in [0.2, 0.25) is 0 Å². The van der Waals surface area contributed by atoms with Gasteiger partial charge < -0.3 is 4.90 Å². The Morgan fingerprint density at radius 1 is 1.33 bits per heavy atom. The molecule has 0 aromatic rings. The average Bonchev–Trinajstić information content (AvgIpc) is 1.79. The topological polar surface area (TPSA) is 3.24 Å². The summed E-state index contributed by atoms with van der Waals surface area (Å²) in [6, 6.07) is 0. The maximum atomic E-state index is 4.50. The van der Waals surface area contributed by atoms with Gasteiger partial charge in [-0.15, -0.1) is 0 Å². The van der Waals surface area contributed by atoms with Crippen molar-refractivity contribution in [1.82, 2.24) is 4.90 Å². The summed E-state index contributed by atoms with van der Waals surface area (Å²) in [5, 5.41) is 0. The van der Waals surface area contributed by atoms with Crippen molar-refractivity contribution < 1.29 is 0 Å². The molecule has 0 N–H and O–H groups in total. The Hall–Kier alpha value is 0.310. The van der Waals surface area contributed by atoms with Gasteiger partial charge in [-0.2, -0.15) is 12.6 Å².